The van der Waals surface area contributed by atoms with Crippen LogP contribution in [-0.2, 0) is 9.53 Å². The van der Waals surface area contributed by atoms with E-state index in [4.69, 9.17) is 9.47 Å². The molecule has 0 unspecified atom stereocenters. The predicted molar refractivity (Wildman–Crippen MR) is 92.5 cm³/mol. The lowest BCUT2D eigenvalue weighted by molar-refractivity contribution is -0.121. The summed E-state index contributed by atoms with van der Waals surface area (Å²) in [6, 6.07) is 14.4. The van der Waals surface area contributed by atoms with E-state index in [0.717, 1.165) is 11.3 Å². The average Bonchev–Trinajstić information content (AvgIpc) is 2.59. The number of anilines is 1. The smallest absolute Gasteiger partial charge is 0.342 e. The molecule has 5 heteroatoms. The van der Waals surface area contributed by atoms with Gasteiger partial charge in [0.1, 0.15) is 11.3 Å². The first-order valence-corrected chi connectivity index (χ1v) is 7.75. The maximum atomic E-state index is 12.2. The van der Waals surface area contributed by atoms with Crippen molar-refractivity contribution in [3.63, 3.8) is 0 Å². The van der Waals surface area contributed by atoms with E-state index in [2.05, 4.69) is 0 Å². The van der Waals surface area contributed by atoms with Crippen molar-refractivity contribution in [1.82, 2.24) is 0 Å². The third-order valence-corrected chi connectivity index (χ3v) is 3.50. The number of aryl methyl sites for hydroxylation is 1. The fourth-order valence-electron chi connectivity index (χ4n) is 2.20. The Morgan fingerprint density at radius 2 is 1.83 bits per heavy atom. The summed E-state index contributed by atoms with van der Waals surface area (Å²) in [7, 11) is 1.65. The highest BCUT2D eigenvalue weighted by atomic mass is 16.5. The summed E-state index contributed by atoms with van der Waals surface area (Å²) in [5.41, 5.74) is 2.12. The van der Waals surface area contributed by atoms with Crippen LogP contribution >= 0.6 is 0 Å². The molecule has 5 nitrogen and oxygen atoms in total. The summed E-state index contributed by atoms with van der Waals surface area (Å²) >= 11 is 0. The number of para-hydroxylation sites is 1. The number of amides is 1. The van der Waals surface area contributed by atoms with Crippen molar-refractivity contribution < 1.29 is 19.1 Å². The highest BCUT2D eigenvalue weighted by Crippen LogP contribution is 2.19. The largest absolute Gasteiger partial charge is 0.493 e. The lowest BCUT2D eigenvalue weighted by atomic mass is 10.2. The Hall–Kier alpha value is -2.82. The van der Waals surface area contributed by atoms with Crippen LogP contribution in [0.5, 0.6) is 5.75 Å². The molecule has 0 bridgehead atoms. The van der Waals surface area contributed by atoms with E-state index in [-0.39, 0.29) is 12.5 Å². The van der Waals surface area contributed by atoms with E-state index >= 15 is 0 Å². The molecule has 126 valence electrons. The second-order valence-corrected chi connectivity index (χ2v) is 5.30. The monoisotopic (exact) mass is 327 g/mol. The molecule has 1 amide bonds. The van der Waals surface area contributed by atoms with Crippen molar-refractivity contribution in [2.75, 3.05) is 25.2 Å². The Balaban J connectivity index is 2.00. The Morgan fingerprint density at radius 3 is 2.54 bits per heavy atom. The Labute approximate surface area is 141 Å². The van der Waals surface area contributed by atoms with Crippen molar-refractivity contribution in [1.29, 1.82) is 0 Å². The van der Waals surface area contributed by atoms with Crippen LogP contribution in [0.3, 0.4) is 0 Å². The van der Waals surface area contributed by atoms with Crippen LogP contribution in [0.25, 0.3) is 0 Å². The molecule has 2 aromatic rings. The molecule has 0 aliphatic rings. The van der Waals surface area contributed by atoms with E-state index in [9.17, 15) is 9.59 Å². The van der Waals surface area contributed by atoms with Crippen molar-refractivity contribution in [3.05, 3.63) is 59.7 Å². The van der Waals surface area contributed by atoms with Crippen LogP contribution in [0.4, 0.5) is 5.69 Å². The van der Waals surface area contributed by atoms with Gasteiger partial charge in [-0.15, -0.1) is 0 Å². The molecule has 0 spiro atoms. The number of carbonyl (C=O) groups excluding carboxylic acids is 2. The lowest BCUT2D eigenvalue weighted by Crippen LogP contribution is -2.31. The number of esters is 1. The van der Waals surface area contributed by atoms with Crippen LogP contribution in [0.1, 0.15) is 22.8 Å². The van der Waals surface area contributed by atoms with Crippen LogP contribution < -0.4 is 9.64 Å². The van der Waals surface area contributed by atoms with Gasteiger partial charge in [-0.2, -0.15) is 0 Å². The van der Waals surface area contributed by atoms with Crippen LogP contribution in [0.2, 0.25) is 0 Å². The summed E-state index contributed by atoms with van der Waals surface area (Å²) in [5.74, 6) is -0.433. The van der Waals surface area contributed by atoms with Gasteiger partial charge in [0.05, 0.1) is 6.61 Å². The molecular weight excluding hydrogens is 306 g/mol. The third-order valence-electron chi connectivity index (χ3n) is 3.50. The minimum atomic E-state index is -0.579. The van der Waals surface area contributed by atoms with Crippen molar-refractivity contribution in [2.24, 2.45) is 0 Å². The molecule has 0 saturated carbocycles. The second-order valence-electron chi connectivity index (χ2n) is 5.30. The first kappa shape index (κ1) is 17.5. The first-order valence-electron chi connectivity index (χ1n) is 7.75. The predicted octanol–water partition coefficient (Wildman–Crippen LogP) is 3.21. The van der Waals surface area contributed by atoms with Gasteiger partial charge < -0.3 is 14.4 Å². The molecule has 0 aromatic heterocycles. The normalized spacial score (nSPS) is 10.1. The van der Waals surface area contributed by atoms with E-state index in [1.165, 1.54) is 4.90 Å². The number of rotatable bonds is 6. The van der Waals surface area contributed by atoms with Gasteiger partial charge in [-0.3, -0.25) is 4.79 Å². The second kappa shape index (κ2) is 8.15. The highest BCUT2D eigenvalue weighted by molar-refractivity contribution is 5.97. The van der Waals surface area contributed by atoms with Gasteiger partial charge in [-0.1, -0.05) is 24.3 Å². The van der Waals surface area contributed by atoms with E-state index in [0.29, 0.717) is 17.9 Å². The molecule has 0 fully saturated rings. The summed E-state index contributed by atoms with van der Waals surface area (Å²) in [4.78, 5) is 25.9. The van der Waals surface area contributed by atoms with Crippen molar-refractivity contribution in [3.8, 4) is 5.75 Å². The third kappa shape index (κ3) is 4.35. The Kier molecular flexibility index (Phi) is 5.95. The lowest BCUT2D eigenvalue weighted by Gasteiger charge is -2.18. The average molecular weight is 327 g/mol. The maximum Gasteiger partial charge on any atom is 0.342 e. The quantitative estimate of drug-likeness (QED) is 0.765. The number of ether oxygens (including phenoxy) is 2. The fraction of sp³-hybridized carbons (Fsp3) is 0.263. The number of carbonyl (C=O) groups is 2. The fourth-order valence-corrected chi connectivity index (χ4v) is 2.20. The van der Waals surface area contributed by atoms with Crippen molar-refractivity contribution >= 4 is 17.6 Å². The maximum absolute atomic E-state index is 12.2. The molecule has 0 atom stereocenters. The summed E-state index contributed by atoms with van der Waals surface area (Å²) < 4.78 is 10.5. The van der Waals surface area contributed by atoms with Gasteiger partial charge in [0.2, 0.25) is 0 Å². The molecule has 2 aromatic carbocycles. The standard InChI is InChI=1S/C19H21NO4/c1-4-23-17-11-6-5-10-16(17)19(22)24-13-18(21)20(3)15-9-7-8-14(2)12-15/h5-12H,4,13H2,1-3H3. The Bertz CT molecular complexity index is 727. The molecule has 0 saturated heterocycles. The number of likely N-dealkylation sites (N-methyl/N-ethyl adjacent to an activating group) is 1. The molecule has 2 rings (SSSR count). The zero-order valence-corrected chi connectivity index (χ0v) is 14.1. The summed E-state index contributed by atoms with van der Waals surface area (Å²) in [5, 5.41) is 0. The minimum absolute atomic E-state index is 0.303. The van der Waals surface area contributed by atoms with Gasteiger partial charge in [-0.05, 0) is 43.7 Å². The van der Waals surface area contributed by atoms with Gasteiger partial charge in [-0.25, -0.2) is 4.79 Å². The Morgan fingerprint density at radius 1 is 1.08 bits per heavy atom. The molecule has 24 heavy (non-hydrogen) atoms. The summed E-state index contributed by atoms with van der Waals surface area (Å²) in [6.45, 7) is 3.90. The van der Waals surface area contributed by atoms with Crippen LogP contribution in [0.15, 0.2) is 48.5 Å². The van der Waals surface area contributed by atoms with Crippen molar-refractivity contribution in [2.45, 2.75) is 13.8 Å². The van der Waals surface area contributed by atoms with Gasteiger partial charge >= 0.3 is 5.97 Å². The molecular formula is C19H21NO4. The highest BCUT2D eigenvalue weighted by Gasteiger charge is 2.17. The van der Waals surface area contributed by atoms with Crippen LogP contribution in [0, 0.1) is 6.92 Å². The molecule has 0 aliphatic heterocycles. The number of hydrogen-bond donors (Lipinski definition) is 0. The topological polar surface area (TPSA) is 55.8 Å². The van der Waals surface area contributed by atoms with Gasteiger partial charge in [0.25, 0.3) is 5.91 Å². The zero-order chi connectivity index (χ0) is 17.5. The molecule has 0 aliphatic carbocycles. The van der Waals surface area contributed by atoms with E-state index in [1.807, 2.05) is 38.1 Å². The first-order chi connectivity index (χ1) is 11.5. The molecule has 0 radical (unpaired) electrons. The zero-order valence-electron chi connectivity index (χ0n) is 14.1. The van der Waals surface area contributed by atoms with Crippen LogP contribution in [-0.4, -0.2) is 32.1 Å². The summed E-state index contributed by atoms with van der Waals surface area (Å²) in [6.07, 6.45) is 0. The minimum Gasteiger partial charge on any atom is -0.493 e. The van der Waals surface area contributed by atoms with E-state index in [1.54, 1.807) is 31.3 Å². The number of nitrogens with zero attached hydrogens (tertiary/aromatic N) is 1. The van der Waals surface area contributed by atoms with E-state index < -0.39 is 5.97 Å². The number of benzene rings is 2. The number of hydrogen-bond acceptors (Lipinski definition) is 4. The van der Waals surface area contributed by atoms with Gasteiger partial charge in [0.15, 0.2) is 6.61 Å². The molecule has 0 heterocycles. The van der Waals surface area contributed by atoms with Gasteiger partial charge in [0, 0.05) is 12.7 Å². The SMILES string of the molecule is CCOc1ccccc1C(=O)OCC(=O)N(C)c1cccc(C)c1. The molecule has 0 N–H and O–H groups in total.